The topological polar surface area (TPSA) is 55.1 Å². The first-order valence-corrected chi connectivity index (χ1v) is 4.68. The third-order valence-corrected chi connectivity index (χ3v) is 1.76. The minimum Gasteiger partial charge on any atom is -0.398 e. The van der Waals surface area contributed by atoms with Crippen LogP contribution in [0.4, 0.5) is 10.1 Å². The summed E-state index contributed by atoms with van der Waals surface area (Å²) >= 11 is 0. The van der Waals surface area contributed by atoms with Crippen LogP contribution in [0.25, 0.3) is 0 Å². The van der Waals surface area contributed by atoms with Crippen LogP contribution >= 0.6 is 0 Å². The molecule has 0 aliphatic rings. The molecule has 15 heavy (non-hydrogen) atoms. The molecule has 82 valence electrons. The molecule has 0 saturated heterocycles. The lowest BCUT2D eigenvalue weighted by atomic mass is 10.1. The third kappa shape index (κ3) is 2.94. The fourth-order valence-corrected chi connectivity index (χ4v) is 1.18. The van der Waals surface area contributed by atoms with Crippen molar-refractivity contribution < 1.29 is 9.18 Å². The number of nitrogen functional groups attached to an aromatic ring is 1. The molecule has 0 saturated carbocycles. The number of benzene rings is 1. The SMILES string of the molecule is CC(C)(C)NC(=O)c1c(N)cccc1F. The number of hydrogen-bond acceptors (Lipinski definition) is 2. The van der Waals surface area contributed by atoms with E-state index in [-0.39, 0.29) is 11.3 Å². The molecule has 3 N–H and O–H groups in total. The molecule has 0 aliphatic carbocycles. The van der Waals surface area contributed by atoms with Gasteiger partial charge in [-0.15, -0.1) is 0 Å². The highest BCUT2D eigenvalue weighted by Gasteiger charge is 2.20. The second-order valence-corrected chi connectivity index (χ2v) is 4.41. The lowest BCUT2D eigenvalue weighted by Crippen LogP contribution is -2.41. The van der Waals surface area contributed by atoms with Gasteiger partial charge in [-0.1, -0.05) is 6.07 Å². The first-order valence-electron chi connectivity index (χ1n) is 4.68. The van der Waals surface area contributed by atoms with Crippen molar-refractivity contribution in [1.29, 1.82) is 0 Å². The van der Waals surface area contributed by atoms with Gasteiger partial charge in [0.25, 0.3) is 5.91 Å². The Morgan fingerprint density at radius 2 is 2.00 bits per heavy atom. The summed E-state index contributed by atoms with van der Waals surface area (Å²) in [7, 11) is 0. The van der Waals surface area contributed by atoms with Gasteiger partial charge in [-0.3, -0.25) is 4.79 Å². The zero-order chi connectivity index (χ0) is 11.6. The molecular formula is C11H15FN2O. The summed E-state index contributed by atoms with van der Waals surface area (Å²) in [4.78, 5) is 11.7. The standard InChI is InChI=1S/C11H15FN2O/c1-11(2,3)14-10(15)9-7(12)5-4-6-8(9)13/h4-6H,13H2,1-3H3,(H,14,15). The molecule has 0 fully saturated rings. The van der Waals surface area contributed by atoms with Gasteiger partial charge in [0.15, 0.2) is 0 Å². The van der Waals surface area contributed by atoms with Crippen LogP contribution < -0.4 is 11.1 Å². The molecule has 0 atom stereocenters. The third-order valence-electron chi connectivity index (χ3n) is 1.76. The lowest BCUT2D eigenvalue weighted by Gasteiger charge is -2.21. The number of carbonyl (C=O) groups is 1. The number of hydrogen-bond donors (Lipinski definition) is 2. The average molecular weight is 210 g/mol. The minimum atomic E-state index is -0.600. The van der Waals surface area contributed by atoms with Gasteiger partial charge in [-0.25, -0.2) is 4.39 Å². The van der Waals surface area contributed by atoms with E-state index in [1.165, 1.54) is 18.2 Å². The van der Waals surface area contributed by atoms with Gasteiger partial charge >= 0.3 is 0 Å². The van der Waals surface area contributed by atoms with Gasteiger partial charge in [-0.05, 0) is 32.9 Å². The summed E-state index contributed by atoms with van der Waals surface area (Å²) < 4.78 is 13.3. The van der Waals surface area contributed by atoms with E-state index in [0.717, 1.165) is 0 Å². The number of nitrogens with two attached hydrogens (primary N) is 1. The molecule has 1 aromatic carbocycles. The molecule has 4 heteroatoms. The van der Waals surface area contributed by atoms with E-state index in [4.69, 9.17) is 5.73 Å². The van der Waals surface area contributed by atoms with Gasteiger partial charge in [0.2, 0.25) is 0 Å². The van der Waals surface area contributed by atoms with E-state index in [0.29, 0.717) is 0 Å². The van der Waals surface area contributed by atoms with E-state index in [1.54, 1.807) is 0 Å². The number of carbonyl (C=O) groups excluding carboxylic acids is 1. The summed E-state index contributed by atoms with van der Waals surface area (Å²) in [5, 5.41) is 2.66. The van der Waals surface area contributed by atoms with Crippen molar-refractivity contribution in [3.63, 3.8) is 0 Å². The summed E-state index contributed by atoms with van der Waals surface area (Å²) in [5.41, 5.74) is 5.19. The van der Waals surface area contributed by atoms with Crippen LogP contribution in [0.3, 0.4) is 0 Å². The number of anilines is 1. The molecule has 0 aromatic heterocycles. The van der Waals surface area contributed by atoms with Crippen molar-refractivity contribution in [2.45, 2.75) is 26.3 Å². The maximum Gasteiger partial charge on any atom is 0.256 e. The Bertz CT molecular complexity index is 362. The van der Waals surface area contributed by atoms with E-state index >= 15 is 0 Å². The summed E-state index contributed by atoms with van der Waals surface area (Å²) in [5.74, 6) is -1.09. The van der Waals surface area contributed by atoms with Crippen molar-refractivity contribution >= 4 is 11.6 Å². The Morgan fingerprint density at radius 1 is 1.40 bits per heavy atom. The van der Waals surface area contributed by atoms with Crippen molar-refractivity contribution in [1.82, 2.24) is 5.32 Å². The molecule has 0 aliphatic heterocycles. The van der Waals surface area contributed by atoms with Gasteiger partial charge in [0.05, 0.1) is 5.56 Å². The Kier molecular flexibility index (Phi) is 2.98. The fraction of sp³-hybridized carbons (Fsp3) is 0.364. The Labute approximate surface area is 88.5 Å². The molecule has 1 amide bonds. The fourth-order valence-electron chi connectivity index (χ4n) is 1.18. The number of nitrogens with one attached hydrogen (secondary N) is 1. The maximum absolute atomic E-state index is 13.3. The smallest absolute Gasteiger partial charge is 0.256 e. The first-order chi connectivity index (χ1) is 6.81. The van der Waals surface area contributed by atoms with Gasteiger partial charge < -0.3 is 11.1 Å². The second-order valence-electron chi connectivity index (χ2n) is 4.41. The highest BCUT2D eigenvalue weighted by molar-refractivity contribution is 5.99. The van der Waals surface area contributed by atoms with Crippen LogP contribution in [0, 0.1) is 5.82 Å². The predicted octanol–water partition coefficient (Wildman–Crippen LogP) is 1.94. The molecule has 0 radical (unpaired) electrons. The number of rotatable bonds is 1. The molecule has 1 aromatic rings. The van der Waals surface area contributed by atoms with Crippen molar-refractivity contribution in [3.8, 4) is 0 Å². The van der Waals surface area contributed by atoms with Crippen molar-refractivity contribution in [3.05, 3.63) is 29.6 Å². The van der Waals surface area contributed by atoms with Crippen LogP contribution in [-0.4, -0.2) is 11.4 Å². The van der Waals surface area contributed by atoms with E-state index < -0.39 is 17.3 Å². The summed E-state index contributed by atoms with van der Waals surface area (Å²) in [6.07, 6.45) is 0. The summed E-state index contributed by atoms with van der Waals surface area (Å²) in [6.45, 7) is 5.46. The molecule has 3 nitrogen and oxygen atoms in total. The monoisotopic (exact) mass is 210 g/mol. The average Bonchev–Trinajstić information content (AvgIpc) is 1.99. The van der Waals surface area contributed by atoms with E-state index in [9.17, 15) is 9.18 Å². The molecule has 0 heterocycles. The quantitative estimate of drug-likeness (QED) is 0.696. The van der Waals surface area contributed by atoms with Crippen LogP contribution in [-0.2, 0) is 0 Å². The zero-order valence-corrected chi connectivity index (χ0v) is 9.10. The van der Waals surface area contributed by atoms with E-state index in [2.05, 4.69) is 5.32 Å². The summed E-state index contributed by atoms with van der Waals surface area (Å²) in [6, 6.07) is 4.19. The number of amides is 1. The van der Waals surface area contributed by atoms with Crippen LogP contribution in [0.15, 0.2) is 18.2 Å². The van der Waals surface area contributed by atoms with Crippen molar-refractivity contribution in [2.75, 3.05) is 5.73 Å². The zero-order valence-electron chi connectivity index (χ0n) is 9.10. The molecular weight excluding hydrogens is 195 g/mol. The Balaban J connectivity index is 3.02. The largest absolute Gasteiger partial charge is 0.398 e. The van der Waals surface area contributed by atoms with Gasteiger partial charge in [-0.2, -0.15) is 0 Å². The minimum absolute atomic E-state index is 0.0903. The Hall–Kier alpha value is -1.58. The predicted molar refractivity (Wildman–Crippen MR) is 58.0 cm³/mol. The van der Waals surface area contributed by atoms with Gasteiger partial charge in [0.1, 0.15) is 5.82 Å². The second kappa shape index (κ2) is 3.88. The number of halogens is 1. The molecule has 0 bridgehead atoms. The van der Waals surface area contributed by atoms with Gasteiger partial charge in [0, 0.05) is 11.2 Å². The molecule has 0 spiro atoms. The van der Waals surface area contributed by atoms with Crippen LogP contribution in [0.5, 0.6) is 0 Å². The highest BCUT2D eigenvalue weighted by Crippen LogP contribution is 2.16. The molecule has 1 rings (SSSR count). The van der Waals surface area contributed by atoms with E-state index in [1.807, 2.05) is 20.8 Å². The lowest BCUT2D eigenvalue weighted by molar-refractivity contribution is 0.0916. The first kappa shape index (κ1) is 11.5. The highest BCUT2D eigenvalue weighted by atomic mass is 19.1. The van der Waals surface area contributed by atoms with Crippen LogP contribution in [0.2, 0.25) is 0 Å². The molecule has 0 unspecified atom stereocenters. The van der Waals surface area contributed by atoms with Crippen molar-refractivity contribution in [2.24, 2.45) is 0 Å². The maximum atomic E-state index is 13.3. The Morgan fingerprint density at radius 3 is 2.47 bits per heavy atom. The normalized spacial score (nSPS) is 11.2. The van der Waals surface area contributed by atoms with Crippen LogP contribution in [0.1, 0.15) is 31.1 Å².